The Bertz CT molecular complexity index is 1360. The van der Waals surface area contributed by atoms with E-state index in [4.69, 9.17) is 20.8 Å². The van der Waals surface area contributed by atoms with Crippen LogP contribution in [0.15, 0.2) is 65.1 Å². The van der Waals surface area contributed by atoms with Crippen LogP contribution in [0.2, 0.25) is 5.02 Å². The molecule has 174 valence electrons. The van der Waals surface area contributed by atoms with Gasteiger partial charge in [0.2, 0.25) is 0 Å². The van der Waals surface area contributed by atoms with E-state index in [0.29, 0.717) is 34.5 Å². The van der Waals surface area contributed by atoms with Crippen molar-refractivity contribution in [2.24, 2.45) is 0 Å². The Balaban J connectivity index is 1.37. The van der Waals surface area contributed by atoms with Crippen LogP contribution in [-0.2, 0) is 13.2 Å². The third-order valence-electron chi connectivity index (χ3n) is 5.13. The van der Waals surface area contributed by atoms with E-state index in [1.807, 2.05) is 31.2 Å². The van der Waals surface area contributed by atoms with Crippen LogP contribution < -0.4 is 10.1 Å². The van der Waals surface area contributed by atoms with Crippen molar-refractivity contribution < 1.29 is 18.9 Å². The lowest BCUT2D eigenvalue weighted by atomic mass is 10.2. The van der Waals surface area contributed by atoms with Crippen LogP contribution in [0.25, 0.3) is 0 Å². The summed E-state index contributed by atoms with van der Waals surface area (Å²) in [4.78, 5) is 23.1. The van der Waals surface area contributed by atoms with Gasteiger partial charge in [-0.25, -0.2) is 0 Å². The van der Waals surface area contributed by atoms with Gasteiger partial charge in [0.15, 0.2) is 11.6 Å². The molecule has 4 aromatic rings. The Morgan fingerprint density at radius 1 is 1.18 bits per heavy atom. The monoisotopic (exact) mass is 480 g/mol. The lowest BCUT2D eigenvalue weighted by molar-refractivity contribution is -0.385. The molecule has 0 fully saturated rings. The molecule has 1 amide bonds. The molecule has 0 aliphatic rings. The average molecular weight is 481 g/mol. The van der Waals surface area contributed by atoms with Gasteiger partial charge in [-0.05, 0) is 49.7 Å². The summed E-state index contributed by atoms with van der Waals surface area (Å²) in [6.07, 6.45) is 0. The summed E-state index contributed by atoms with van der Waals surface area (Å²) in [5, 5.41) is 18.7. The highest BCUT2D eigenvalue weighted by Gasteiger charge is 2.16. The zero-order valence-corrected chi connectivity index (χ0v) is 19.2. The second-order valence-corrected chi connectivity index (χ2v) is 8.04. The molecule has 0 spiro atoms. The van der Waals surface area contributed by atoms with Crippen LogP contribution in [0.4, 0.5) is 11.5 Å². The molecule has 9 nitrogen and oxygen atoms in total. The van der Waals surface area contributed by atoms with Crippen molar-refractivity contribution in [3.05, 3.63) is 104 Å². The number of nitrogens with one attached hydrogen (secondary N) is 1. The summed E-state index contributed by atoms with van der Waals surface area (Å²) in [5.41, 5.74) is 2.30. The number of nitro benzene ring substituents is 1. The normalized spacial score (nSPS) is 10.8. The average Bonchev–Trinajstić information content (AvgIpc) is 3.40. The van der Waals surface area contributed by atoms with Crippen molar-refractivity contribution in [3.63, 3.8) is 0 Å². The topological polar surface area (TPSA) is 112 Å². The number of rotatable bonds is 8. The summed E-state index contributed by atoms with van der Waals surface area (Å²) in [6.45, 7) is 4.07. The summed E-state index contributed by atoms with van der Waals surface area (Å²) in [7, 11) is 0. The number of benzene rings is 2. The highest BCUT2D eigenvalue weighted by molar-refractivity contribution is 6.31. The van der Waals surface area contributed by atoms with Crippen molar-refractivity contribution in [1.29, 1.82) is 0 Å². The van der Waals surface area contributed by atoms with Gasteiger partial charge < -0.3 is 14.5 Å². The molecule has 10 heteroatoms. The predicted molar refractivity (Wildman–Crippen MR) is 126 cm³/mol. The number of nitrogens with zero attached hydrogens (tertiary/aromatic N) is 3. The minimum atomic E-state index is -0.447. The third kappa shape index (κ3) is 5.26. The number of nitro groups is 1. The van der Waals surface area contributed by atoms with Crippen molar-refractivity contribution in [2.75, 3.05) is 5.32 Å². The van der Waals surface area contributed by atoms with E-state index in [1.165, 1.54) is 12.1 Å². The maximum atomic E-state index is 12.6. The van der Waals surface area contributed by atoms with E-state index < -0.39 is 10.8 Å². The Morgan fingerprint density at radius 2 is 1.97 bits per heavy atom. The maximum absolute atomic E-state index is 12.6. The van der Waals surface area contributed by atoms with E-state index in [-0.39, 0.29) is 18.1 Å². The minimum absolute atomic E-state index is 0.0221. The summed E-state index contributed by atoms with van der Waals surface area (Å²) < 4.78 is 13.0. The standard InChI is InChI=1S/C24H21ClN4O5/c1-15-11-18(7-9-21(15)29(31)32)33-14-19-8-10-22(34-19)24(30)26-23-12-16(2)28(27-23)13-17-5-3-4-6-20(17)25/h3-12H,13-14H2,1-2H3,(H,26,27,30). The zero-order chi connectivity index (χ0) is 24.2. The molecule has 0 aliphatic carbocycles. The van der Waals surface area contributed by atoms with Gasteiger partial charge in [-0.15, -0.1) is 0 Å². The smallest absolute Gasteiger partial charge is 0.292 e. The van der Waals surface area contributed by atoms with Crippen LogP contribution in [0.5, 0.6) is 5.75 Å². The molecule has 2 heterocycles. The molecule has 34 heavy (non-hydrogen) atoms. The number of ether oxygens (including phenoxy) is 1. The first kappa shape index (κ1) is 23.1. The lowest BCUT2D eigenvalue weighted by Crippen LogP contribution is -2.12. The van der Waals surface area contributed by atoms with Crippen molar-refractivity contribution in [3.8, 4) is 5.75 Å². The predicted octanol–water partition coefficient (Wildman–Crippen LogP) is 5.53. The van der Waals surface area contributed by atoms with Crippen molar-refractivity contribution in [1.82, 2.24) is 9.78 Å². The number of carbonyl (C=O) groups is 1. The van der Waals surface area contributed by atoms with Crippen LogP contribution >= 0.6 is 11.6 Å². The summed E-state index contributed by atoms with van der Waals surface area (Å²) >= 11 is 6.23. The molecule has 0 saturated heterocycles. The first-order valence-corrected chi connectivity index (χ1v) is 10.7. The molecule has 0 atom stereocenters. The molecule has 0 aliphatic heterocycles. The lowest BCUT2D eigenvalue weighted by Gasteiger charge is -2.06. The number of anilines is 1. The largest absolute Gasteiger partial charge is 0.486 e. The Labute approximate surface area is 200 Å². The Hall–Kier alpha value is -4.11. The fourth-order valence-electron chi connectivity index (χ4n) is 3.35. The van der Waals surface area contributed by atoms with Gasteiger partial charge in [-0.1, -0.05) is 29.8 Å². The molecule has 0 saturated carbocycles. The van der Waals surface area contributed by atoms with Gasteiger partial charge in [0.05, 0.1) is 11.5 Å². The Kier molecular flexibility index (Phi) is 6.65. The molecule has 2 aromatic heterocycles. The molecule has 4 rings (SSSR count). The highest BCUT2D eigenvalue weighted by atomic mass is 35.5. The number of amides is 1. The maximum Gasteiger partial charge on any atom is 0.292 e. The van der Waals surface area contributed by atoms with E-state index in [9.17, 15) is 14.9 Å². The van der Waals surface area contributed by atoms with Gasteiger partial charge in [-0.2, -0.15) is 5.10 Å². The third-order valence-corrected chi connectivity index (χ3v) is 5.50. The number of furan rings is 1. The number of aromatic nitrogens is 2. The molecular weight excluding hydrogens is 460 g/mol. The SMILES string of the molecule is Cc1cc(OCc2ccc(C(=O)Nc3cc(C)n(Cc4ccccc4Cl)n3)o2)ccc1[N+](=O)[O-]. The quantitative estimate of drug-likeness (QED) is 0.262. The summed E-state index contributed by atoms with van der Waals surface area (Å²) in [5.74, 6) is 0.952. The van der Waals surface area contributed by atoms with Crippen molar-refractivity contribution in [2.45, 2.75) is 27.0 Å². The second-order valence-electron chi connectivity index (χ2n) is 7.63. The fourth-order valence-corrected chi connectivity index (χ4v) is 3.55. The van der Waals surface area contributed by atoms with E-state index in [0.717, 1.165) is 11.3 Å². The molecule has 0 bridgehead atoms. The first-order chi connectivity index (χ1) is 16.3. The van der Waals surface area contributed by atoms with Crippen LogP contribution in [-0.4, -0.2) is 20.6 Å². The van der Waals surface area contributed by atoms with E-state index in [1.54, 1.807) is 35.9 Å². The van der Waals surface area contributed by atoms with Crippen LogP contribution in [0.3, 0.4) is 0 Å². The molecular formula is C24H21ClN4O5. The van der Waals surface area contributed by atoms with Gasteiger partial charge in [0.1, 0.15) is 18.1 Å². The number of hydrogen-bond acceptors (Lipinski definition) is 6. The summed E-state index contributed by atoms with van der Waals surface area (Å²) in [6, 6.07) is 16.9. The molecule has 1 N–H and O–H groups in total. The fraction of sp³-hybridized carbons (Fsp3) is 0.167. The zero-order valence-electron chi connectivity index (χ0n) is 18.4. The number of halogens is 1. The van der Waals surface area contributed by atoms with E-state index in [2.05, 4.69) is 10.4 Å². The first-order valence-electron chi connectivity index (χ1n) is 10.4. The number of aryl methyl sites for hydroxylation is 2. The molecule has 0 radical (unpaired) electrons. The number of hydrogen-bond donors (Lipinski definition) is 1. The van der Waals surface area contributed by atoms with Gasteiger partial charge in [0.25, 0.3) is 11.6 Å². The van der Waals surface area contributed by atoms with Crippen LogP contribution in [0, 0.1) is 24.0 Å². The van der Waals surface area contributed by atoms with Crippen LogP contribution in [0.1, 0.15) is 33.1 Å². The number of carbonyl (C=O) groups excluding carboxylic acids is 1. The van der Waals surface area contributed by atoms with Gasteiger partial charge in [-0.3, -0.25) is 19.6 Å². The molecule has 2 aromatic carbocycles. The van der Waals surface area contributed by atoms with Gasteiger partial charge >= 0.3 is 0 Å². The Morgan fingerprint density at radius 3 is 2.71 bits per heavy atom. The molecule has 0 unspecified atom stereocenters. The van der Waals surface area contributed by atoms with Crippen molar-refractivity contribution >= 4 is 29.0 Å². The van der Waals surface area contributed by atoms with Gasteiger partial charge in [0, 0.05) is 28.4 Å². The van der Waals surface area contributed by atoms with E-state index >= 15 is 0 Å². The minimum Gasteiger partial charge on any atom is -0.486 e. The highest BCUT2D eigenvalue weighted by Crippen LogP contribution is 2.24. The second kappa shape index (κ2) is 9.80.